The van der Waals surface area contributed by atoms with Crippen molar-refractivity contribution in [3.8, 4) is 0 Å². The number of likely N-dealkylation sites (N-methyl/N-ethyl adjacent to an activating group) is 1. The molecule has 0 aliphatic carbocycles. The molecule has 0 bridgehead atoms. The number of carboxylic acids is 1. The van der Waals surface area contributed by atoms with Crippen molar-refractivity contribution in [1.29, 1.82) is 0 Å². The van der Waals surface area contributed by atoms with Gasteiger partial charge < -0.3 is 28.6 Å². The van der Waals surface area contributed by atoms with Crippen LogP contribution in [0.25, 0.3) is 0 Å². The minimum atomic E-state index is -1.13. The average Bonchev–Trinajstić information content (AvgIpc) is 3.18. The number of carboxylic acid groups (broad SMARTS) is 1. The third-order valence-electron chi connectivity index (χ3n) is 10.1. The Hall–Kier alpha value is -2.97. The van der Waals surface area contributed by atoms with Crippen molar-refractivity contribution in [2.45, 2.75) is 199 Å². The molecule has 0 aromatic rings. The summed E-state index contributed by atoms with van der Waals surface area (Å²) >= 11 is 0. The molecule has 0 saturated heterocycles. The summed E-state index contributed by atoms with van der Waals surface area (Å²) in [5.74, 6) is -1.76. The van der Waals surface area contributed by atoms with E-state index in [1.54, 1.807) is 21.1 Å². The molecule has 0 N–H and O–H groups in total. The number of carbonyl (C=O) groups excluding carboxylic acids is 3. The number of esters is 2. The molecule has 0 amide bonds. The fourth-order valence-corrected chi connectivity index (χ4v) is 6.53. The molecule has 2 atom stereocenters. The molecule has 0 fully saturated rings. The zero-order chi connectivity index (χ0) is 42.8. The van der Waals surface area contributed by atoms with Gasteiger partial charge in [-0.1, -0.05) is 152 Å². The monoisotopic (exact) mass is 814 g/mol. The van der Waals surface area contributed by atoms with Crippen LogP contribution in [0.15, 0.2) is 60.8 Å². The van der Waals surface area contributed by atoms with Crippen molar-refractivity contribution >= 4 is 17.9 Å². The first-order valence-corrected chi connectivity index (χ1v) is 23.3. The second kappa shape index (κ2) is 40.8. The summed E-state index contributed by atoms with van der Waals surface area (Å²) in [6.07, 6.45) is 49.5. The molecule has 0 spiro atoms. The number of hydrogen-bond acceptors (Lipinski definition) is 7. The molecule has 58 heavy (non-hydrogen) atoms. The predicted octanol–water partition coefficient (Wildman–Crippen LogP) is 11.6. The minimum Gasteiger partial charge on any atom is -0.544 e. The van der Waals surface area contributed by atoms with E-state index < -0.39 is 18.1 Å². The summed E-state index contributed by atoms with van der Waals surface area (Å²) in [6.45, 7) is 4.50. The van der Waals surface area contributed by atoms with Crippen molar-refractivity contribution in [3.63, 3.8) is 0 Å². The van der Waals surface area contributed by atoms with Gasteiger partial charge in [0, 0.05) is 19.3 Å². The fourth-order valence-electron chi connectivity index (χ4n) is 6.53. The van der Waals surface area contributed by atoms with Crippen LogP contribution in [0.5, 0.6) is 0 Å². The van der Waals surface area contributed by atoms with Crippen LogP contribution in [0.2, 0.25) is 0 Å². The standard InChI is InChI=1S/C50H87NO7/c1-6-8-10-12-14-16-18-20-22-23-24-25-27-28-30-32-34-36-38-40-48(52)57-45-46(44-56-43-42-47(50(54)55)51(3,4)5)58-49(53)41-39-37-35-33-31-29-26-21-19-17-15-13-11-9-7-2/h9,11,14-17,20-22,26,46-47H,6-8,10,12-13,18-19,23-25,27-45H2,1-5H3/b11-9-,16-14-,17-15-,22-20-,26-21-. The molecule has 0 rings (SSSR count). The van der Waals surface area contributed by atoms with E-state index in [1.165, 1.54) is 70.6 Å². The van der Waals surface area contributed by atoms with E-state index in [1.807, 2.05) is 0 Å². The number of quaternary nitrogens is 1. The number of allylic oxidation sites excluding steroid dienone is 10. The highest BCUT2D eigenvalue weighted by Crippen LogP contribution is 2.14. The molecule has 334 valence electrons. The van der Waals surface area contributed by atoms with Crippen LogP contribution in [-0.2, 0) is 28.6 Å². The number of carbonyl (C=O) groups is 3. The highest BCUT2D eigenvalue weighted by Gasteiger charge is 2.25. The lowest BCUT2D eigenvalue weighted by Crippen LogP contribution is -2.55. The topological polar surface area (TPSA) is 102 Å². The van der Waals surface area contributed by atoms with E-state index in [0.29, 0.717) is 12.8 Å². The molecule has 0 saturated carbocycles. The number of hydrogen-bond donors (Lipinski definition) is 0. The second-order valence-corrected chi connectivity index (χ2v) is 16.6. The molecule has 0 radical (unpaired) electrons. The molecule has 0 aliphatic rings. The minimum absolute atomic E-state index is 0.0305. The van der Waals surface area contributed by atoms with Gasteiger partial charge in [-0.25, -0.2) is 0 Å². The Kier molecular flexibility index (Phi) is 38.7. The number of nitrogens with zero attached hydrogens (tertiary/aromatic N) is 1. The van der Waals surface area contributed by atoms with Crippen molar-refractivity contribution in [1.82, 2.24) is 0 Å². The fraction of sp³-hybridized carbons (Fsp3) is 0.740. The summed E-state index contributed by atoms with van der Waals surface area (Å²) in [5, 5.41) is 11.6. The van der Waals surface area contributed by atoms with Crippen LogP contribution in [0.1, 0.15) is 187 Å². The van der Waals surface area contributed by atoms with E-state index >= 15 is 0 Å². The first-order valence-electron chi connectivity index (χ1n) is 23.3. The van der Waals surface area contributed by atoms with Gasteiger partial charge in [-0.3, -0.25) is 9.59 Å². The highest BCUT2D eigenvalue weighted by molar-refractivity contribution is 5.70. The first-order chi connectivity index (χ1) is 28.1. The summed E-state index contributed by atoms with van der Waals surface area (Å²) in [7, 11) is 5.40. The Morgan fingerprint density at radius 2 is 0.966 bits per heavy atom. The Labute approximate surface area is 356 Å². The molecule has 0 aliphatic heterocycles. The van der Waals surface area contributed by atoms with Crippen LogP contribution < -0.4 is 5.11 Å². The molecule has 0 aromatic heterocycles. The van der Waals surface area contributed by atoms with Crippen LogP contribution in [0, 0.1) is 0 Å². The van der Waals surface area contributed by atoms with Gasteiger partial charge in [0.2, 0.25) is 0 Å². The Morgan fingerprint density at radius 1 is 0.534 bits per heavy atom. The number of unbranched alkanes of at least 4 members (excludes halogenated alkanes) is 17. The van der Waals surface area contributed by atoms with E-state index in [-0.39, 0.29) is 42.7 Å². The number of rotatable bonds is 41. The van der Waals surface area contributed by atoms with Gasteiger partial charge in [0.25, 0.3) is 0 Å². The van der Waals surface area contributed by atoms with Gasteiger partial charge in [0.05, 0.1) is 40.3 Å². The lowest BCUT2D eigenvalue weighted by molar-refractivity contribution is -0.889. The van der Waals surface area contributed by atoms with Crippen molar-refractivity contribution in [2.24, 2.45) is 0 Å². The summed E-state index contributed by atoms with van der Waals surface area (Å²) in [6, 6.07) is -0.731. The van der Waals surface area contributed by atoms with E-state index in [2.05, 4.69) is 74.6 Å². The summed E-state index contributed by atoms with van der Waals surface area (Å²) < 4.78 is 17.2. The Balaban J connectivity index is 4.32. The third-order valence-corrected chi connectivity index (χ3v) is 10.1. The van der Waals surface area contributed by atoms with Gasteiger partial charge in [0.1, 0.15) is 12.6 Å². The van der Waals surface area contributed by atoms with Crippen LogP contribution in [0.4, 0.5) is 0 Å². The lowest BCUT2D eigenvalue weighted by Gasteiger charge is -2.34. The largest absolute Gasteiger partial charge is 0.544 e. The zero-order valence-corrected chi connectivity index (χ0v) is 37.9. The van der Waals surface area contributed by atoms with Gasteiger partial charge in [0.15, 0.2) is 6.10 Å². The van der Waals surface area contributed by atoms with E-state index in [0.717, 1.165) is 83.5 Å². The van der Waals surface area contributed by atoms with Gasteiger partial charge in [-0.15, -0.1) is 0 Å². The summed E-state index contributed by atoms with van der Waals surface area (Å²) in [4.78, 5) is 36.9. The Bertz CT molecular complexity index is 1130. The SMILES string of the molecule is CC/C=C\C/C=C\C/C=C\CCCCCCCC(=O)OC(COCCC(C(=O)[O-])[N+](C)(C)C)COC(=O)CCCCCCCCCCC/C=C\C/C=C\CCCCC. The van der Waals surface area contributed by atoms with Gasteiger partial charge in [-0.2, -0.15) is 0 Å². The molecular weight excluding hydrogens is 727 g/mol. The number of aliphatic carboxylic acids is 1. The van der Waals surface area contributed by atoms with Crippen molar-refractivity contribution in [3.05, 3.63) is 60.8 Å². The maximum Gasteiger partial charge on any atom is 0.306 e. The molecule has 2 unspecified atom stereocenters. The summed E-state index contributed by atoms with van der Waals surface area (Å²) in [5.41, 5.74) is 0. The molecule has 8 nitrogen and oxygen atoms in total. The lowest BCUT2D eigenvalue weighted by atomic mass is 10.1. The predicted molar refractivity (Wildman–Crippen MR) is 240 cm³/mol. The second-order valence-electron chi connectivity index (χ2n) is 16.6. The maximum absolute atomic E-state index is 12.7. The van der Waals surface area contributed by atoms with Crippen molar-refractivity contribution in [2.75, 3.05) is 41.0 Å². The molecule has 8 heteroatoms. The van der Waals surface area contributed by atoms with E-state index in [9.17, 15) is 19.5 Å². The van der Waals surface area contributed by atoms with Crippen LogP contribution >= 0.6 is 0 Å². The van der Waals surface area contributed by atoms with Crippen LogP contribution in [0.3, 0.4) is 0 Å². The van der Waals surface area contributed by atoms with E-state index in [4.69, 9.17) is 14.2 Å². The van der Waals surface area contributed by atoms with Crippen molar-refractivity contribution < 1.29 is 38.2 Å². The van der Waals surface area contributed by atoms with Crippen LogP contribution in [-0.4, -0.2) is 75.5 Å². The molecule has 0 aromatic carbocycles. The molecular formula is C50H87NO7. The third kappa shape index (κ3) is 38.5. The van der Waals surface area contributed by atoms with Gasteiger partial charge in [-0.05, 0) is 77.0 Å². The smallest absolute Gasteiger partial charge is 0.306 e. The highest BCUT2D eigenvalue weighted by atomic mass is 16.6. The Morgan fingerprint density at radius 3 is 1.43 bits per heavy atom. The molecule has 0 heterocycles. The number of ether oxygens (including phenoxy) is 3. The first kappa shape index (κ1) is 55.0. The maximum atomic E-state index is 12.7. The average molecular weight is 814 g/mol. The zero-order valence-electron chi connectivity index (χ0n) is 37.9. The quantitative estimate of drug-likeness (QED) is 0.0262. The normalized spacial score (nSPS) is 13.5. The van der Waals surface area contributed by atoms with Gasteiger partial charge >= 0.3 is 11.9 Å².